The Morgan fingerprint density at radius 3 is 2.39 bits per heavy atom. The number of sulfonamides is 1. The van der Waals surface area contributed by atoms with Gasteiger partial charge in [-0.3, -0.25) is 0 Å². The number of aromatic nitrogens is 2. The van der Waals surface area contributed by atoms with Crippen molar-refractivity contribution >= 4 is 21.7 Å². The molecule has 0 aliphatic carbocycles. The van der Waals surface area contributed by atoms with Gasteiger partial charge < -0.3 is 5.32 Å². The first-order valence-electron chi connectivity index (χ1n) is 5.20. The molecule has 0 aliphatic heterocycles. The highest BCUT2D eigenvalue weighted by Gasteiger charge is 2.18. The summed E-state index contributed by atoms with van der Waals surface area (Å²) in [6.07, 6.45) is 2.93. The SMILES string of the molecule is CNc1ccccc1S(=O)(=O)Nc1ncccn1. The van der Waals surface area contributed by atoms with E-state index in [1.165, 1.54) is 18.5 Å². The maximum Gasteiger partial charge on any atom is 0.266 e. The highest BCUT2D eigenvalue weighted by atomic mass is 32.2. The maximum absolute atomic E-state index is 12.2. The largest absolute Gasteiger partial charge is 0.387 e. The van der Waals surface area contributed by atoms with E-state index < -0.39 is 10.0 Å². The zero-order valence-electron chi connectivity index (χ0n) is 9.66. The second kappa shape index (κ2) is 5.01. The fourth-order valence-electron chi connectivity index (χ4n) is 1.43. The molecule has 6 nitrogen and oxygen atoms in total. The molecule has 2 rings (SSSR count). The van der Waals surface area contributed by atoms with Gasteiger partial charge >= 0.3 is 0 Å². The average molecular weight is 264 g/mol. The summed E-state index contributed by atoms with van der Waals surface area (Å²) >= 11 is 0. The highest BCUT2D eigenvalue weighted by Crippen LogP contribution is 2.21. The molecule has 0 unspecified atom stereocenters. The van der Waals surface area contributed by atoms with Crippen molar-refractivity contribution in [3.05, 3.63) is 42.7 Å². The minimum atomic E-state index is -3.69. The Labute approximate surface area is 105 Å². The second-order valence-electron chi connectivity index (χ2n) is 3.42. The van der Waals surface area contributed by atoms with Gasteiger partial charge in [0.1, 0.15) is 4.90 Å². The van der Waals surface area contributed by atoms with Crippen molar-refractivity contribution in [2.24, 2.45) is 0 Å². The molecule has 2 aromatic rings. The number of rotatable bonds is 4. The Bertz CT molecular complexity index is 629. The number of hydrogen-bond acceptors (Lipinski definition) is 5. The lowest BCUT2D eigenvalue weighted by molar-refractivity contribution is 0.601. The summed E-state index contributed by atoms with van der Waals surface area (Å²) in [7, 11) is -2.03. The summed E-state index contributed by atoms with van der Waals surface area (Å²) in [5.74, 6) is 0.0448. The van der Waals surface area contributed by atoms with E-state index in [0.29, 0.717) is 5.69 Å². The molecular formula is C11H12N4O2S. The molecule has 0 fully saturated rings. The predicted molar refractivity (Wildman–Crippen MR) is 68.8 cm³/mol. The van der Waals surface area contributed by atoms with Crippen LogP contribution in [0.1, 0.15) is 0 Å². The van der Waals surface area contributed by atoms with Gasteiger partial charge in [-0.1, -0.05) is 12.1 Å². The Morgan fingerprint density at radius 1 is 1.06 bits per heavy atom. The smallest absolute Gasteiger partial charge is 0.266 e. The topological polar surface area (TPSA) is 84.0 Å². The molecule has 18 heavy (non-hydrogen) atoms. The van der Waals surface area contributed by atoms with Gasteiger partial charge in [0.15, 0.2) is 0 Å². The van der Waals surface area contributed by atoms with E-state index in [4.69, 9.17) is 0 Å². The monoisotopic (exact) mass is 264 g/mol. The van der Waals surface area contributed by atoms with E-state index in [2.05, 4.69) is 20.0 Å². The Kier molecular flexibility index (Phi) is 3.42. The van der Waals surface area contributed by atoms with Crippen molar-refractivity contribution in [2.75, 3.05) is 17.1 Å². The van der Waals surface area contributed by atoms with Crippen LogP contribution in [-0.2, 0) is 10.0 Å². The standard InChI is InChI=1S/C11H12N4O2S/c1-12-9-5-2-3-6-10(9)18(16,17)15-11-13-7-4-8-14-11/h2-8,12H,1H3,(H,13,14,15). The van der Waals surface area contributed by atoms with Gasteiger partial charge in [-0.25, -0.2) is 23.1 Å². The van der Waals surface area contributed by atoms with Crippen LogP contribution in [0, 0.1) is 0 Å². The van der Waals surface area contributed by atoms with Crippen molar-refractivity contribution in [1.29, 1.82) is 0 Å². The molecule has 1 heterocycles. The summed E-state index contributed by atoms with van der Waals surface area (Å²) in [5, 5.41) is 2.83. The summed E-state index contributed by atoms with van der Waals surface area (Å²) in [5.41, 5.74) is 0.515. The number of nitrogens with zero attached hydrogens (tertiary/aromatic N) is 2. The fourth-order valence-corrected chi connectivity index (χ4v) is 2.61. The van der Waals surface area contributed by atoms with Crippen LogP contribution in [0.3, 0.4) is 0 Å². The molecule has 0 spiro atoms. The van der Waals surface area contributed by atoms with Crippen molar-refractivity contribution in [2.45, 2.75) is 4.90 Å². The van der Waals surface area contributed by atoms with E-state index in [-0.39, 0.29) is 10.8 Å². The van der Waals surface area contributed by atoms with Crippen LogP contribution in [0.5, 0.6) is 0 Å². The van der Waals surface area contributed by atoms with Crippen LogP contribution in [-0.4, -0.2) is 25.4 Å². The number of anilines is 2. The minimum Gasteiger partial charge on any atom is -0.387 e. The summed E-state index contributed by atoms with van der Waals surface area (Å²) in [6.45, 7) is 0. The van der Waals surface area contributed by atoms with Gasteiger partial charge in [0.05, 0.1) is 5.69 Å². The molecule has 1 aromatic carbocycles. The maximum atomic E-state index is 12.2. The normalized spacial score (nSPS) is 10.9. The van der Waals surface area contributed by atoms with Crippen molar-refractivity contribution in [3.63, 3.8) is 0 Å². The third-order valence-corrected chi connectivity index (χ3v) is 3.62. The lowest BCUT2D eigenvalue weighted by atomic mass is 10.3. The first-order valence-corrected chi connectivity index (χ1v) is 6.68. The van der Waals surface area contributed by atoms with E-state index in [9.17, 15) is 8.42 Å². The van der Waals surface area contributed by atoms with Crippen molar-refractivity contribution in [3.8, 4) is 0 Å². The molecule has 0 radical (unpaired) electrons. The number of para-hydroxylation sites is 1. The van der Waals surface area contributed by atoms with Gasteiger partial charge in [-0.2, -0.15) is 0 Å². The third kappa shape index (κ3) is 2.57. The molecule has 0 bridgehead atoms. The van der Waals surface area contributed by atoms with Crippen molar-refractivity contribution in [1.82, 2.24) is 9.97 Å². The zero-order valence-corrected chi connectivity index (χ0v) is 10.5. The second-order valence-corrected chi connectivity index (χ2v) is 5.07. The fraction of sp³-hybridized carbons (Fsp3) is 0.0909. The van der Waals surface area contributed by atoms with Gasteiger partial charge in [0, 0.05) is 19.4 Å². The molecule has 94 valence electrons. The molecule has 0 atom stereocenters. The minimum absolute atomic E-state index is 0.0448. The Hall–Kier alpha value is -2.15. The predicted octanol–water partition coefficient (Wildman–Crippen LogP) is 1.32. The lowest BCUT2D eigenvalue weighted by Crippen LogP contribution is -2.16. The van der Waals surface area contributed by atoms with Gasteiger partial charge in [0.25, 0.3) is 10.0 Å². The lowest BCUT2D eigenvalue weighted by Gasteiger charge is -2.10. The van der Waals surface area contributed by atoms with Crippen LogP contribution in [0.25, 0.3) is 0 Å². The third-order valence-electron chi connectivity index (χ3n) is 2.24. The van der Waals surface area contributed by atoms with Crippen molar-refractivity contribution < 1.29 is 8.42 Å². The van der Waals surface area contributed by atoms with Crippen LogP contribution < -0.4 is 10.0 Å². The number of benzene rings is 1. The van der Waals surface area contributed by atoms with Crippen LogP contribution in [0.15, 0.2) is 47.6 Å². The number of nitrogens with one attached hydrogen (secondary N) is 2. The van der Waals surface area contributed by atoms with E-state index in [1.54, 1.807) is 31.3 Å². The Morgan fingerprint density at radius 2 is 1.72 bits per heavy atom. The van der Waals surface area contributed by atoms with Crippen LogP contribution >= 0.6 is 0 Å². The molecular weight excluding hydrogens is 252 g/mol. The van der Waals surface area contributed by atoms with Gasteiger partial charge in [-0.15, -0.1) is 0 Å². The summed E-state index contributed by atoms with van der Waals surface area (Å²) in [6, 6.07) is 8.21. The first-order chi connectivity index (χ1) is 8.63. The Balaban J connectivity index is 2.37. The molecule has 0 saturated heterocycles. The number of hydrogen-bond donors (Lipinski definition) is 2. The first kappa shape index (κ1) is 12.3. The summed E-state index contributed by atoms with van der Waals surface area (Å²) < 4.78 is 26.6. The zero-order chi connectivity index (χ0) is 13.0. The van der Waals surface area contributed by atoms with Crippen LogP contribution in [0.2, 0.25) is 0 Å². The van der Waals surface area contributed by atoms with E-state index >= 15 is 0 Å². The highest BCUT2D eigenvalue weighted by molar-refractivity contribution is 7.92. The molecule has 0 aliphatic rings. The van der Waals surface area contributed by atoms with Crippen LogP contribution in [0.4, 0.5) is 11.6 Å². The van der Waals surface area contributed by atoms with Gasteiger partial charge in [-0.05, 0) is 18.2 Å². The quantitative estimate of drug-likeness (QED) is 0.870. The molecule has 7 heteroatoms. The molecule has 1 aromatic heterocycles. The van der Waals surface area contributed by atoms with E-state index in [0.717, 1.165) is 0 Å². The molecule has 0 amide bonds. The molecule has 2 N–H and O–H groups in total. The molecule has 0 saturated carbocycles. The van der Waals surface area contributed by atoms with E-state index in [1.807, 2.05) is 0 Å². The van der Waals surface area contributed by atoms with Gasteiger partial charge in [0.2, 0.25) is 5.95 Å². The summed E-state index contributed by atoms with van der Waals surface area (Å²) in [4.78, 5) is 7.80. The average Bonchev–Trinajstić information content (AvgIpc) is 2.39.